The van der Waals surface area contributed by atoms with Gasteiger partial charge in [-0.25, -0.2) is 4.79 Å². The first-order valence-corrected chi connectivity index (χ1v) is 5.29. The second-order valence-corrected chi connectivity index (χ2v) is 4.64. The molecule has 0 bridgehead atoms. The maximum atomic E-state index is 11.3. The molecule has 0 radical (unpaired) electrons. The highest BCUT2D eigenvalue weighted by molar-refractivity contribution is 7.88. The van der Waals surface area contributed by atoms with Gasteiger partial charge in [-0.2, -0.15) is 8.42 Å². The average Bonchev–Trinajstić information content (AvgIpc) is 2.28. The van der Waals surface area contributed by atoms with Crippen molar-refractivity contribution in [2.45, 2.75) is 18.3 Å². The fourth-order valence-electron chi connectivity index (χ4n) is 1.05. The molecule has 1 rings (SSSR count). The van der Waals surface area contributed by atoms with Gasteiger partial charge in [-0.1, -0.05) is 5.06 Å². The van der Waals surface area contributed by atoms with Gasteiger partial charge in [-0.15, -0.1) is 0 Å². The number of imide groups is 1. The van der Waals surface area contributed by atoms with Crippen molar-refractivity contribution in [1.29, 1.82) is 0 Å². The topological polar surface area (TPSA) is 138 Å². The standard InChI is InChI=1S/C6H7NO8S/c1-3(8)15-7-4(9)2-6(11,5(7)10)16(12,13)14/h11H,2H2,1H3,(H,12,13,14). The minimum atomic E-state index is -5.20. The highest BCUT2D eigenvalue weighted by Gasteiger charge is 2.61. The number of hydrogen-bond acceptors (Lipinski definition) is 7. The summed E-state index contributed by atoms with van der Waals surface area (Å²) >= 11 is 0. The van der Waals surface area contributed by atoms with E-state index in [1.165, 1.54) is 0 Å². The number of aliphatic hydroxyl groups is 1. The van der Waals surface area contributed by atoms with Gasteiger partial charge in [0.05, 0.1) is 6.42 Å². The maximum absolute atomic E-state index is 11.3. The molecule has 0 saturated carbocycles. The molecule has 1 saturated heterocycles. The molecule has 9 nitrogen and oxygen atoms in total. The molecule has 0 aromatic heterocycles. The van der Waals surface area contributed by atoms with Crippen molar-refractivity contribution in [3.63, 3.8) is 0 Å². The van der Waals surface area contributed by atoms with E-state index >= 15 is 0 Å². The van der Waals surface area contributed by atoms with Crippen molar-refractivity contribution in [3.8, 4) is 0 Å². The fraction of sp³-hybridized carbons (Fsp3) is 0.500. The van der Waals surface area contributed by atoms with Gasteiger partial charge in [-0.05, 0) is 0 Å². The van der Waals surface area contributed by atoms with E-state index in [1.54, 1.807) is 0 Å². The Hall–Kier alpha value is -1.52. The van der Waals surface area contributed by atoms with E-state index in [9.17, 15) is 27.9 Å². The van der Waals surface area contributed by atoms with E-state index in [2.05, 4.69) is 4.84 Å². The lowest BCUT2D eigenvalue weighted by Crippen LogP contribution is -2.46. The molecule has 1 aliphatic rings. The molecule has 16 heavy (non-hydrogen) atoms. The van der Waals surface area contributed by atoms with Crippen LogP contribution in [0.1, 0.15) is 13.3 Å². The van der Waals surface area contributed by atoms with Gasteiger partial charge in [-0.3, -0.25) is 14.1 Å². The molecule has 0 aromatic carbocycles. The molecule has 0 aromatic rings. The Balaban J connectivity index is 3.13. The summed E-state index contributed by atoms with van der Waals surface area (Å²) in [6, 6.07) is 0. The molecule has 1 atom stereocenters. The number of hydroxylamine groups is 2. The molecule has 1 unspecified atom stereocenters. The van der Waals surface area contributed by atoms with Crippen LogP contribution in [0.5, 0.6) is 0 Å². The Labute approximate surface area is 89.3 Å². The van der Waals surface area contributed by atoms with Crippen LogP contribution in [0.3, 0.4) is 0 Å². The minimum Gasteiger partial charge on any atom is -0.365 e. The third-order valence-corrected chi connectivity index (χ3v) is 2.96. The molecule has 1 fully saturated rings. The first kappa shape index (κ1) is 12.5. The van der Waals surface area contributed by atoms with E-state index in [0.717, 1.165) is 6.92 Å². The van der Waals surface area contributed by atoms with Crippen LogP contribution in [-0.2, 0) is 29.3 Å². The molecule has 2 N–H and O–H groups in total. The van der Waals surface area contributed by atoms with Crippen molar-refractivity contribution in [1.82, 2.24) is 5.06 Å². The third kappa shape index (κ3) is 1.77. The van der Waals surface area contributed by atoms with E-state index in [4.69, 9.17) is 4.55 Å². The Morgan fingerprint density at radius 2 is 2.00 bits per heavy atom. The zero-order valence-corrected chi connectivity index (χ0v) is 8.72. The van der Waals surface area contributed by atoms with E-state index in [-0.39, 0.29) is 5.06 Å². The lowest BCUT2D eigenvalue weighted by Gasteiger charge is -2.16. The molecule has 90 valence electrons. The summed E-state index contributed by atoms with van der Waals surface area (Å²) in [7, 11) is -5.20. The van der Waals surface area contributed by atoms with E-state index < -0.39 is 39.3 Å². The second-order valence-electron chi connectivity index (χ2n) is 3.01. The zero-order valence-electron chi connectivity index (χ0n) is 7.91. The Kier molecular flexibility index (Phi) is 2.75. The Morgan fingerprint density at radius 1 is 1.50 bits per heavy atom. The highest BCUT2D eigenvalue weighted by atomic mass is 32.2. The quantitative estimate of drug-likeness (QED) is 0.417. The largest absolute Gasteiger partial charge is 0.365 e. The van der Waals surface area contributed by atoms with Gasteiger partial charge in [0.15, 0.2) is 0 Å². The Bertz CT molecular complexity index is 467. The van der Waals surface area contributed by atoms with Gasteiger partial charge in [0, 0.05) is 6.92 Å². The highest BCUT2D eigenvalue weighted by Crippen LogP contribution is 2.28. The molecular weight excluding hydrogens is 246 g/mol. The van der Waals surface area contributed by atoms with Gasteiger partial charge < -0.3 is 9.94 Å². The van der Waals surface area contributed by atoms with Crippen molar-refractivity contribution in [2.75, 3.05) is 0 Å². The number of amides is 2. The van der Waals surface area contributed by atoms with Crippen LogP contribution in [0.25, 0.3) is 0 Å². The lowest BCUT2D eigenvalue weighted by atomic mass is 10.3. The van der Waals surface area contributed by atoms with Crippen molar-refractivity contribution in [2.24, 2.45) is 0 Å². The van der Waals surface area contributed by atoms with Crippen LogP contribution in [-0.4, -0.2) is 45.9 Å². The van der Waals surface area contributed by atoms with Crippen LogP contribution >= 0.6 is 0 Å². The summed E-state index contributed by atoms with van der Waals surface area (Å²) in [6.45, 7) is 0.866. The first-order valence-electron chi connectivity index (χ1n) is 3.85. The third-order valence-electron chi connectivity index (χ3n) is 1.78. The predicted molar refractivity (Wildman–Crippen MR) is 44.7 cm³/mol. The lowest BCUT2D eigenvalue weighted by molar-refractivity contribution is -0.197. The van der Waals surface area contributed by atoms with E-state index in [1.807, 2.05) is 0 Å². The van der Waals surface area contributed by atoms with Crippen LogP contribution in [0.2, 0.25) is 0 Å². The zero-order chi connectivity index (χ0) is 12.7. The summed E-state index contributed by atoms with van der Waals surface area (Å²) in [5.74, 6) is -4.03. The van der Waals surface area contributed by atoms with Crippen LogP contribution in [0.4, 0.5) is 0 Å². The fourth-order valence-corrected chi connectivity index (χ4v) is 1.66. The first-order chi connectivity index (χ1) is 7.09. The van der Waals surface area contributed by atoms with Crippen molar-refractivity contribution >= 4 is 27.9 Å². The minimum absolute atomic E-state index is 0.198. The summed E-state index contributed by atoms with van der Waals surface area (Å²) in [4.78, 5) is 33.6. The molecule has 10 heteroatoms. The molecule has 0 spiro atoms. The summed E-state index contributed by atoms with van der Waals surface area (Å²) in [5, 5.41) is 9.11. The molecule has 1 aliphatic heterocycles. The molecule has 0 aliphatic carbocycles. The average molecular weight is 253 g/mol. The number of rotatable bonds is 2. The normalized spacial score (nSPS) is 26.1. The van der Waals surface area contributed by atoms with Crippen molar-refractivity contribution in [3.05, 3.63) is 0 Å². The predicted octanol–water partition coefficient (Wildman–Crippen LogP) is -2.20. The molecular formula is C6H7NO8S. The van der Waals surface area contributed by atoms with Crippen LogP contribution < -0.4 is 0 Å². The summed E-state index contributed by atoms with van der Waals surface area (Å²) in [6.07, 6.45) is -1.21. The number of hydrogen-bond donors (Lipinski definition) is 2. The molecule has 2 amide bonds. The number of carbonyl (C=O) groups excluding carboxylic acids is 3. The van der Waals surface area contributed by atoms with Gasteiger partial charge in [0.1, 0.15) is 0 Å². The number of nitrogens with zero attached hydrogens (tertiary/aromatic N) is 1. The monoisotopic (exact) mass is 253 g/mol. The summed E-state index contributed by atoms with van der Waals surface area (Å²) < 4.78 is 30.0. The SMILES string of the molecule is CC(=O)ON1C(=O)CC(O)(S(=O)(=O)O)C1=O. The van der Waals surface area contributed by atoms with Crippen LogP contribution in [0, 0.1) is 0 Å². The smallest absolute Gasteiger partial charge is 0.330 e. The van der Waals surface area contributed by atoms with Crippen LogP contribution in [0.15, 0.2) is 0 Å². The second kappa shape index (κ2) is 3.50. The van der Waals surface area contributed by atoms with E-state index in [0.29, 0.717) is 0 Å². The van der Waals surface area contributed by atoms with Gasteiger partial charge in [0.2, 0.25) is 0 Å². The number of carbonyl (C=O) groups is 3. The van der Waals surface area contributed by atoms with Crippen molar-refractivity contribution < 1.29 is 37.3 Å². The van der Waals surface area contributed by atoms with Gasteiger partial charge >= 0.3 is 22.0 Å². The maximum Gasteiger partial charge on any atom is 0.330 e. The summed E-state index contributed by atoms with van der Waals surface area (Å²) in [5.41, 5.74) is 0. The van der Waals surface area contributed by atoms with Gasteiger partial charge in [0.25, 0.3) is 10.8 Å². The molecule has 1 heterocycles. The Morgan fingerprint density at radius 3 is 2.31 bits per heavy atom.